The number of nitrogens with zero attached hydrogens (tertiary/aromatic N) is 3. The van der Waals surface area contributed by atoms with Crippen LogP contribution in [0.15, 0.2) is 53.8 Å². The number of aromatic nitrogens is 3. The van der Waals surface area contributed by atoms with Gasteiger partial charge in [0.25, 0.3) is 0 Å². The van der Waals surface area contributed by atoms with E-state index >= 15 is 0 Å². The summed E-state index contributed by atoms with van der Waals surface area (Å²) in [6, 6.07) is 12.3. The third kappa shape index (κ3) is 2.22. The van der Waals surface area contributed by atoms with E-state index in [-0.39, 0.29) is 5.82 Å². The van der Waals surface area contributed by atoms with Crippen molar-refractivity contribution in [3.63, 3.8) is 0 Å². The molecule has 3 aromatic rings. The van der Waals surface area contributed by atoms with E-state index in [1.54, 1.807) is 23.9 Å². The molecule has 0 N–H and O–H groups in total. The summed E-state index contributed by atoms with van der Waals surface area (Å²) in [6.07, 6.45) is 1.93. The number of pyridine rings is 1. The van der Waals surface area contributed by atoms with Gasteiger partial charge in [-0.25, -0.2) is 4.39 Å². The van der Waals surface area contributed by atoms with E-state index in [9.17, 15) is 4.39 Å². The van der Waals surface area contributed by atoms with E-state index in [0.29, 0.717) is 0 Å². The molecule has 0 radical (unpaired) electrons. The van der Waals surface area contributed by atoms with Crippen molar-refractivity contribution in [1.29, 1.82) is 0 Å². The summed E-state index contributed by atoms with van der Waals surface area (Å²) in [5, 5.41) is 9.05. The average molecular weight is 259 g/mol. The van der Waals surface area contributed by atoms with Crippen molar-refractivity contribution in [2.45, 2.75) is 10.9 Å². The summed E-state index contributed by atoms with van der Waals surface area (Å²) in [7, 11) is 0. The Labute approximate surface area is 108 Å². The third-order valence-electron chi connectivity index (χ3n) is 2.56. The van der Waals surface area contributed by atoms with Crippen LogP contribution in [0.2, 0.25) is 0 Å². The Hall–Kier alpha value is -1.88. The van der Waals surface area contributed by atoms with Crippen LogP contribution in [-0.2, 0) is 5.75 Å². The second-order valence-corrected chi connectivity index (χ2v) is 4.77. The molecule has 2 aromatic heterocycles. The summed E-state index contributed by atoms with van der Waals surface area (Å²) >= 11 is 1.58. The van der Waals surface area contributed by atoms with Crippen LogP contribution in [-0.4, -0.2) is 14.6 Å². The minimum Gasteiger partial charge on any atom is -0.277 e. The minimum absolute atomic E-state index is 0.211. The van der Waals surface area contributed by atoms with Gasteiger partial charge in [-0.05, 0) is 29.8 Å². The molecule has 2 heterocycles. The van der Waals surface area contributed by atoms with Gasteiger partial charge < -0.3 is 0 Å². The van der Waals surface area contributed by atoms with E-state index in [0.717, 1.165) is 22.1 Å². The number of hydrogen-bond donors (Lipinski definition) is 0. The lowest BCUT2D eigenvalue weighted by molar-refractivity contribution is 0.627. The standard InChI is InChI=1S/C13H10FN3S/c14-11-6-4-10(5-7-11)9-18-13-16-15-12-3-1-2-8-17(12)13/h1-8H,9H2. The van der Waals surface area contributed by atoms with E-state index in [1.807, 2.05) is 28.8 Å². The summed E-state index contributed by atoms with van der Waals surface area (Å²) in [4.78, 5) is 0. The highest BCUT2D eigenvalue weighted by Gasteiger charge is 2.05. The average Bonchev–Trinajstić information content (AvgIpc) is 2.82. The van der Waals surface area contributed by atoms with Crippen LogP contribution >= 0.6 is 11.8 Å². The molecule has 0 saturated heterocycles. The van der Waals surface area contributed by atoms with Gasteiger partial charge in [0.2, 0.25) is 0 Å². The topological polar surface area (TPSA) is 30.2 Å². The maximum atomic E-state index is 12.8. The Balaban J connectivity index is 1.79. The monoisotopic (exact) mass is 259 g/mol. The number of rotatable bonds is 3. The summed E-state index contributed by atoms with van der Waals surface area (Å²) in [5.74, 6) is 0.535. The van der Waals surface area contributed by atoms with E-state index in [2.05, 4.69) is 10.2 Å². The molecule has 0 fully saturated rings. The first-order valence-corrected chi connectivity index (χ1v) is 6.48. The lowest BCUT2D eigenvalue weighted by atomic mass is 10.2. The molecule has 0 unspecified atom stereocenters. The predicted molar refractivity (Wildman–Crippen MR) is 68.9 cm³/mol. The number of halogens is 1. The van der Waals surface area contributed by atoms with Crippen molar-refractivity contribution >= 4 is 17.4 Å². The van der Waals surface area contributed by atoms with Crippen molar-refractivity contribution in [3.05, 3.63) is 60.0 Å². The molecule has 90 valence electrons. The van der Waals surface area contributed by atoms with Crippen LogP contribution in [0.25, 0.3) is 5.65 Å². The highest BCUT2D eigenvalue weighted by atomic mass is 32.2. The lowest BCUT2D eigenvalue weighted by Gasteiger charge is -2.00. The zero-order valence-corrected chi connectivity index (χ0v) is 10.3. The second kappa shape index (κ2) is 4.78. The Bertz CT molecular complexity index is 663. The molecule has 1 aromatic carbocycles. The first kappa shape index (κ1) is 11.2. The van der Waals surface area contributed by atoms with Crippen LogP contribution in [0.3, 0.4) is 0 Å². The number of fused-ring (bicyclic) bond motifs is 1. The Morgan fingerprint density at radius 3 is 2.72 bits per heavy atom. The molecular formula is C13H10FN3S. The first-order chi connectivity index (χ1) is 8.83. The zero-order valence-electron chi connectivity index (χ0n) is 9.45. The largest absolute Gasteiger partial charge is 0.277 e. The Morgan fingerprint density at radius 2 is 1.89 bits per heavy atom. The maximum Gasteiger partial charge on any atom is 0.195 e. The normalized spacial score (nSPS) is 10.9. The van der Waals surface area contributed by atoms with Gasteiger partial charge in [0, 0.05) is 11.9 Å². The van der Waals surface area contributed by atoms with Crippen LogP contribution in [0.1, 0.15) is 5.56 Å². The van der Waals surface area contributed by atoms with Gasteiger partial charge in [0.15, 0.2) is 10.8 Å². The molecule has 3 rings (SSSR count). The van der Waals surface area contributed by atoms with Gasteiger partial charge in [-0.1, -0.05) is 30.0 Å². The SMILES string of the molecule is Fc1ccc(CSc2nnc3ccccn23)cc1. The van der Waals surface area contributed by atoms with Gasteiger partial charge in [-0.3, -0.25) is 4.40 Å². The summed E-state index contributed by atoms with van der Waals surface area (Å²) < 4.78 is 14.7. The van der Waals surface area contributed by atoms with E-state index in [4.69, 9.17) is 0 Å². The second-order valence-electron chi connectivity index (χ2n) is 3.83. The van der Waals surface area contributed by atoms with Crippen molar-refractivity contribution in [2.75, 3.05) is 0 Å². The number of hydrogen-bond acceptors (Lipinski definition) is 3. The predicted octanol–water partition coefficient (Wildman–Crippen LogP) is 3.16. The van der Waals surface area contributed by atoms with Crippen molar-refractivity contribution in [2.24, 2.45) is 0 Å². The van der Waals surface area contributed by atoms with E-state index in [1.165, 1.54) is 12.1 Å². The first-order valence-electron chi connectivity index (χ1n) is 5.50. The molecule has 0 bridgehead atoms. The van der Waals surface area contributed by atoms with Crippen LogP contribution in [0, 0.1) is 5.82 Å². The molecule has 0 aliphatic carbocycles. The van der Waals surface area contributed by atoms with Crippen molar-refractivity contribution in [1.82, 2.24) is 14.6 Å². The zero-order chi connectivity index (χ0) is 12.4. The molecule has 0 aliphatic heterocycles. The molecule has 5 heteroatoms. The Kier molecular flexibility index (Phi) is 2.98. The minimum atomic E-state index is -0.211. The maximum absolute atomic E-state index is 12.8. The van der Waals surface area contributed by atoms with E-state index < -0.39 is 0 Å². The highest BCUT2D eigenvalue weighted by molar-refractivity contribution is 7.98. The summed E-state index contributed by atoms with van der Waals surface area (Å²) in [5.41, 5.74) is 1.90. The molecule has 18 heavy (non-hydrogen) atoms. The molecular weight excluding hydrogens is 249 g/mol. The van der Waals surface area contributed by atoms with Gasteiger partial charge in [-0.15, -0.1) is 10.2 Å². The van der Waals surface area contributed by atoms with Crippen molar-refractivity contribution in [3.8, 4) is 0 Å². The van der Waals surface area contributed by atoms with Crippen LogP contribution in [0.5, 0.6) is 0 Å². The highest BCUT2D eigenvalue weighted by Crippen LogP contribution is 2.21. The summed E-state index contributed by atoms with van der Waals surface area (Å²) in [6.45, 7) is 0. The fourth-order valence-electron chi connectivity index (χ4n) is 1.65. The molecule has 0 amide bonds. The quantitative estimate of drug-likeness (QED) is 0.677. The van der Waals surface area contributed by atoms with Gasteiger partial charge >= 0.3 is 0 Å². The fourth-order valence-corrected chi connectivity index (χ4v) is 2.53. The Morgan fingerprint density at radius 1 is 1.06 bits per heavy atom. The van der Waals surface area contributed by atoms with Gasteiger partial charge in [-0.2, -0.15) is 0 Å². The molecule has 0 aliphatic rings. The van der Waals surface area contributed by atoms with Crippen molar-refractivity contribution < 1.29 is 4.39 Å². The van der Waals surface area contributed by atoms with Crippen LogP contribution in [0.4, 0.5) is 4.39 Å². The molecule has 3 nitrogen and oxygen atoms in total. The molecule has 0 atom stereocenters. The lowest BCUT2D eigenvalue weighted by Crippen LogP contribution is -1.87. The van der Waals surface area contributed by atoms with Gasteiger partial charge in [0.1, 0.15) is 5.82 Å². The number of thioether (sulfide) groups is 1. The van der Waals surface area contributed by atoms with Gasteiger partial charge in [0.05, 0.1) is 0 Å². The molecule has 0 saturated carbocycles. The smallest absolute Gasteiger partial charge is 0.195 e. The molecule has 0 spiro atoms. The third-order valence-corrected chi connectivity index (χ3v) is 3.58. The fraction of sp³-hybridized carbons (Fsp3) is 0.0769. The number of benzene rings is 1. The van der Waals surface area contributed by atoms with Crippen LogP contribution < -0.4 is 0 Å².